The summed E-state index contributed by atoms with van der Waals surface area (Å²) in [4.78, 5) is 17.4. The summed E-state index contributed by atoms with van der Waals surface area (Å²) in [6.45, 7) is 0.355. The topological polar surface area (TPSA) is 59.2 Å². The van der Waals surface area contributed by atoms with Crippen molar-refractivity contribution in [2.75, 3.05) is 20.6 Å². The lowest BCUT2D eigenvalue weighted by molar-refractivity contribution is -0.132. The Morgan fingerprint density at radius 1 is 1.53 bits per heavy atom. The van der Waals surface area contributed by atoms with Crippen molar-refractivity contribution in [2.24, 2.45) is 11.7 Å². The van der Waals surface area contributed by atoms with E-state index in [-0.39, 0.29) is 11.8 Å². The van der Waals surface area contributed by atoms with Crippen molar-refractivity contribution in [3.63, 3.8) is 0 Å². The number of nitrogens with two attached hydrogens (primary N) is 1. The largest absolute Gasteiger partial charge is 0.349 e. The van der Waals surface area contributed by atoms with Crippen LogP contribution in [0.4, 0.5) is 0 Å². The first-order valence-corrected chi connectivity index (χ1v) is 4.96. The van der Waals surface area contributed by atoms with E-state index in [0.29, 0.717) is 13.0 Å². The third-order valence-electron chi connectivity index (χ3n) is 2.26. The highest BCUT2D eigenvalue weighted by molar-refractivity contribution is 5.78. The third kappa shape index (κ3) is 3.32. The summed E-state index contributed by atoms with van der Waals surface area (Å²) in [6, 6.07) is 5.68. The van der Waals surface area contributed by atoms with Crippen LogP contribution in [0.2, 0.25) is 0 Å². The van der Waals surface area contributed by atoms with Crippen molar-refractivity contribution < 1.29 is 4.79 Å². The minimum Gasteiger partial charge on any atom is -0.349 e. The van der Waals surface area contributed by atoms with Crippen molar-refractivity contribution in [1.82, 2.24) is 9.88 Å². The summed E-state index contributed by atoms with van der Waals surface area (Å²) >= 11 is 0. The van der Waals surface area contributed by atoms with E-state index in [9.17, 15) is 4.79 Å². The number of nitrogens with zero attached hydrogens (tertiary/aromatic N) is 2. The minimum atomic E-state index is -0.171. The zero-order valence-electron chi connectivity index (χ0n) is 9.18. The fourth-order valence-electron chi connectivity index (χ4n) is 1.41. The number of hydrogen-bond donors (Lipinski definition) is 1. The van der Waals surface area contributed by atoms with Gasteiger partial charge in [0.25, 0.3) is 0 Å². The van der Waals surface area contributed by atoms with Gasteiger partial charge >= 0.3 is 0 Å². The zero-order chi connectivity index (χ0) is 11.3. The van der Waals surface area contributed by atoms with Crippen LogP contribution in [0.3, 0.4) is 0 Å². The van der Waals surface area contributed by atoms with Gasteiger partial charge in [-0.05, 0) is 12.1 Å². The maximum Gasteiger partial charge on any atom is 0.226 e. The summed E-state index contributed by atoms with van der Waals surface area (Å²) in [5.41, 5.74) is 6.49. The van der Waals surface area contributed by atoms with E-state index < -0.39 is 0 Å². The molecule has 0 spiro atoms. The first-order chi connectivity index (χ1) is 7.15. The predicted octanol–water partition coefficient (Wildman–Crippen LogP) is 0.287. The molecule has 0 fully saturated rings. The number of aromatic nitrogens is 1. The van der Waals surface area contributed by atoms with Crippen molar-refractivity contribution in [1.29, 1.82) is 0 Å². The minimum absolute atomic E-state index is 0.0585. The Bertz CT molecular complexity index is 311. The molecule has 0 radical (unpaired) electrons. The van der Waals surface area contributed by atoms with E-state index >= 15 is 0 Å². The lowest BCUT2D eigenvalue weighted by Crippen LogP contribution is -2.35. The quantitative estimate of drug-likeness (QED) is 0.772. The lowest BCUT2D eigenvalue weighted by Gasteiger charge is -2.18. The molecule has 1 rings (SSSR count). The Morgan fingerprint density at radius 3 is 2.73 bits per heavy atom. The number of pyridine rings is 1. The highest BCUT2D eigenvalue weighted by atomic mass is 16.2. The molecule has 2 N–H and O–H groups in total. The van der Waals surface area contributed by atoms with Crippen LogP contribution >= 0.6 is 0 Å². The van der Waals surface area contributed by atoms with Gasteiger partial charge < -0.3 is 10.6 Å². The molecular formula is C11H17N3O. The standard InChI is InChI=1S/C11H17N3O/c1-14(2)11(15)9(8-12)7-10-5-3-4-6-13-10/h3-6,9H,7-8,12H2,1-2H3. The molecule has 15 heavy (non-hydrogen) atoms. The number of hydrogen-bond acceptors (Lipinski definition) is 3. The van der Waals surface area contributed by atoms with E-state index in [0.717, 1.165) is 5.69 Å². The van der Waals surface area contributed by atoms with Gasteiger partial charge in [0.1, 0.15) is 0 Å². The fourth-order valence-corrected chi connectivity index (χ4v) is 1.41. The van der Waals surface area contributed by atoms with Crippen molar-refractivity contribution in [3.8, 4) is 0 Å². The van der Waals surface area contributed by atoms with Gasteiger partial charge in [-0.25, -0.2) is 0 Å². The summed E-state index contributed by atoms with van der Waals surface area (Å²) in [5, 5.41) is 0. The summed E-state index contributed by atoms with van der Waals surface area (Å²) in [6.07, 6.45) is 2.33. The van der Waals surface area contributed by atoms with Crippen LogP contribution in [0, 0.1) is 5.92 Å². The molecule has 0 bridgehead atoms. The lowest BCUT2D eigenvalue weighted by atomic mass is 10.0. The van der Waals surface area contributed by atoms with E-state index in [1.54, 1.807) is 25.2 Å². The Balaban J connectivity index is 2.66. The maximum absolute atomic E-state index is 11.7. The molecule has 0 saturated carbocycles. The number of carbonyl (C=O) groups excluding carboxylic acids is 1. The molecular weight excluding hydrogens is 190 g/mol. The van der Waals surface area contributed by atoms with Crippen LogP contribution in [0.5, 0.6) is 0 Å². The summed E-state index contributed by atoms with van der Waals surface area (Å²) < 4.78 is 0. The molecule has 0 aliphatic heterocycles. The number of amides is 1. The van der Waals surface area contributed by atoms with Gasteiger partial charge in [-0.2, -0.15) is 0 Å². The third-order valence-corrected chi connectivity index (χ3v) is 2.26. The Labute approximate surface area is 90.1 Å². The fraction of sp³-hybridized carbons (Fsp3) is 0.455. The molecule has 1 atom stereocenters. The number of rotatable bonds is 4. The van der Waals surface area contributed by atoms with Crippen LogP contribution in [0.25, 0.3) is 0 Å². The van der Waals surface area contributed by atoms with Gasteiger partial charge in [0, 0.05) is 39.0 Å². The average molecular weight is 207 g/mol. The highest BCUT2D eigenvalue weighted by Gasteiger charge is 2.19. The van der Waals surface area contributed by atoms with Crippen molar-refractivity contribution in [3.05, 3.63) is 30.1 Å². The smallest absolute Gasteiger partial charge is 0.226 e. The molecule has 0 aliphatic carbocycles. The highest BCUT2D eigenvalue weighted by Crippen LogP contribution is 2.07. The van der Waals surface area contributed by atoms with Crippen molar-refractivity contribution >= 4 is 5.91 Å². The Morgan fingerprint density at radius 2 is 2.27 bits per heavy atom. The van der Waals surface area contributed by atoms with Crippen LogP contribution in [0.15, 0.2) is 24.4 Å². The molecule has 1 unspecified atom stereocenters. The van der Waals surface area contributed by atoms with Gasteiger partial charge in [-0.1, -0.05) is 6.07 Å². The molecule has 4 nitrogen and oxygen atoms in total. The summed E-state index contributed by atoms with van der Waals surface area (Å²) in [7, 11) is 3.48. The van der Waals surface area contributed by atoms with E-state index in [2.05, 4.69) is 4.98 Å². The molecule has 82 valence electrons. The number of carbonyl (C=O) groups is 1. The van der Waals surface area contributed by atoms with Crippen LogP contribution in [-0.2, 0) is 11.2 Å². The SMILES string of the molecule is CN(C)C(=O)C(CN)Cc1ccccn1. The second-order valence-corrected chi connectivity index (χ2v) is 3.69. The van der Waals surface area contributed by atoms with Gasteiger partial charge in [0.15, 0.2) is 0 Å². The van der Waals surface area contributed by atoms with Crippen molar-refractivity contribution in [2.45, 2.75) is 6.42 Å². The molecule has 1 aromatic rings. The van der Waals surface area contributed by atoms with Crippen LogP contribution < -0.4 is 5.73 Å². The molecule has 0 saturated heterocycles. The molecule has 0 aliphatic rings. The van der Waals surface area contributed by atoms with E-state index in [1.165, 1.54) is 0 Å². The zero-order valence-corrected chi connectivity index (χ0v) is 9.18. The molecule has 4 heteroatoms. The summed E-state index contributed by atoms with van der Waals surface area (Å²) in [5.74, 6) is -0.113. The monoisotopic (exact) mass is 207 g/mol. The first kappa shape index (κ1) is 11.7. The molecule has 0 aromatic carbocycles. The predicted molar refractivity (Wildman–Crippen MR) is 59.2 cm³/mol. The Kier molecular flexibility index (Phi) is 4.24. The van der Waals surface area contributed by atoms with Gasteiger partial charge in [0.05, 0.1) is 5.92 Å². The first-order valence-electron chi connectivity index (χ1n) is 4.96. The van der Waals surface area contributed by atoms with E-state index in [4.69, 9.17) is 5.73 Å². The van der Waals surface area contributed by atoms with Crippen LogP contribution in [0.1, 0.15) is 5.69 Å². The normalized spacial score (nSPS) is 12.2. The molecule has 1 amide bonds. The molecule has 1 heterocycles. The average Bonchev–Trinajstić information content (AvgIpc) is 2.26. The van der Waals surface area contributed by atoms with Gasteiger partial charge in [0.2, 0.25) is 5.91 Å². The van der Waals surface area contributed by atoms with E-state index in [1.807, 2.05) is 18.2 Å². The maximum atomic E-state index is 11.7. The second-order valence-electron chi connectivity index (χ2n) is 3.69. The van der Waals surface area contributed by atoms with Crippen LogP contribution in [-0.4, -0.2) is 36.4 Å². The second kappa shape index (κ2) is 5.46. The molecule has 1 aromatic heterocycles. The van der Waals surface area contributed by atoms with Gasteiger partial charge in [-0.15, -0.1) is 0 Å². The Hall–Kier alpha value is -1.42. The van der Waals surface area contributed by atoms with Gasteiger partial charge in [-0.3, -0.25) is 9.78 Å².